The van der Waals surface area contributed by atoms with Gasteiger partial charge in [-0.25, -0.2) is 12.7 Å². The van der Waals surface area contributed by atoms with Crippen LogP contribution in [0.5, 0.6) is 0 Å². The fourth-order valence-electron chi connectivity index (χ4n) is 1.53. The summed E-state index contributed by atoms with van der Waals surface area (Å²) in [4.78, 5) is 22.4. The van der Waals surface area contributed by atoms with Crippen molar-refractivity contribution in [3.05, 3.63) is 11.6 Å². The van der Waals surface area contributed by atoms with Crippen LogP contribution in [0.1, 0.15) is 6.42 Å². The number of carbonyl (C=O) groups is 2. The first-order valence-electron chi connectivity index (χ1n) is 4.56. The number of nitrogens with two attached hydrogens (primary N) is 1. The number of alkyl halides is 3. The summed E-state index contributed by atoms with van der Waals surface area (Å²) in [5.74, 6) is -2.83. The fraction of sp³-hybridized carbons (Fsp3) is 0.500. The number of primary amides is 1. The third-order valence-electron chi connectivity index (χ3n) is 2.26. The van der Waals surface area contributed by atoms with Crippen LogP contribution >= 0.6 is 0 Å². The molecule has 0 bridgehead atoms. The zero-order chi connectivity index (χ0) is 14.3. The van der Waals surface area contributed by atoms with E-state index in [-0.39, 0.29) is 4.31 Å². The molecule has 0 fully saturated rings. The van der Waals surface area contributed by atoms with E-state index in [1.165, 1.54) is 0 Å². The highest BCUT2D eigenvalue weighted by Gasteiger charge is 2.51. The van der Waals surface area contributed by atoms with Gasteiger partial charge >= 0.3 is 6.18 Å². The van der Waals surface area contributed by atoms with Crippen molar-refractivity contribution in [2.75, 3.05) is 6.26 Å². The Kier molecular flexibility index (Phi) is 3.43. The van der Waals surface area contributed by atoms with Crippen molar-refractivity contribution in [3.8, 4) is 0 Å². The number of hydrogen-bond acceptors (Lipinski definition) is 4. The lowest BCUT2D eigenvalue weighted by Crippen LogP contribution is -2.54. The highest BCUT2D eigenvalue weighted by Crippen LogP contribution is 2.33. The molecule has 2 amide bonds. The van der Waals surface area contributed by atoms with E-state index in [0.29, 0.717) is 12.3 Å². The first-order chi connectivity index (χ1) is 7.96. The normalized spacial score (nSPS) is 21.8. The standard InChI is InChI=1S/C8H9F3N2O4S/c1-18(16,17)13-5(8(9,10)11)3-2-4(6(12)14)7(13)15/h2,5H,3H2,1H3,(H2,12,14). The Labute approximate surface area is 100 Å². The Morgan fingerprint density at radius 2 is 2.00 bits per heavy atom. The van der Waals surface area contributed by atoms with Crippen LogP contribution in [0.2, 0.25) is 0 Å². The maximum atomic E-state index is 12.6. The predicted molar refractivity (Wildman–Crippen MR) is 53.4 cm³/mol. The van der Waals surface area contributed by atoms with Gasteiger partial charge in [0.25, 0.3) is 11.8 Å². The highest BCUT2D eigenvalue weighted by atomic mass is 32.2. The molecule has 1 heterocycles. The number of nitrogens with zero attached hydrogens (tertiary/aromatic N) is 1. The Hall–Kier alpha value is -1.58. The molecule has 102 valence electrons. The van der Waals surface area contributed by atoms with Crippen LogP contribution in [0.15, 0.2) is 11.6 Å². The third-order valence-corrected chi connectivity index (χ3v) is 3.39. The molecule has 0 aromatic heterocycles. The van der Waals surface area contributed by atoms with E-state index in [1.54, 1.807) is 0 Å². The summed E-state index contributed by atoms with van der Waals surface area (Å²) >= 11 is 0. The predicted octanol–water partition coefficient (Wildman–Crippen LogP) is -0.479. The second-order valence-electron chi connectivity index (χ2n) is 3.64. The Balaban J connectivity index is 3.35. The van der Waals surface area contributed by atoms with E-state index in [0.717, 1.165) is 0 Å². The van der Waals surface area contributed by atoms with E-state index < -0.39 is 46.0 Å². The minimum atomic E-state index is -4.92. The molecule has 1 aliphatic rings. The molecule has 0 aromatic carbocycles. The third kappa shape index (κ3) is 2.63. The molecule has 2 N–H and O–H groups in total. The second kappa shape index (κ2) is 4.26. The highest BCUT2D eigenvalue weighted by molar-refractivity contribution is 7.89. The summed E-state index contributed by atoms with van der Waals surface area (Å²) in [6.45, 7) is 0. The molecule has 0 aromatic rings. The molecule has 6 nitrogen and oxygen atoms in total. The number of amides is 2. The van der Waals surface area contributed by atoms with Crippen molar-refractivity contribution in [3.63, 3.8) is 0 Å². The summed E-state index contributed by atoms with van der Waals surface area (Å²) in [6, 6.07) is -2.51. The van der Waals surface area contributed by atoms with E-state index in [4.69, 9.17) is 5.73 Å². The molecule has 0 spiro atoms. The van der Waals surface area contributed by atoms with Crippen molar-refractivity contribution >= 4 is 21.8 Å². The van der Waals surface area contributed by atoms with Gasteiger partial charge in [-0.1, -0.05) is 6.08 Å². The van der Waals surface area contributed by atoms with E-state index in [9.17, 15) is 31.2 Å². The van der Waals surface area contributed by atoms with Gasteiger partial charge in [0, 0.05) is 0 Å². The van der Waals surface area contributed by atoms with Gasteiger partial charge in [0.2, 0.25) is 10.0 Å². The van der Waals surface area contributed by atoms with Gasteiger partial charge < -0.3 is 5.73 Å². The molecule has 1 atom stereocenters. The smallest absolute Gasteiger partial charge is 0.365 e. The molecule has 1 unspecified atom stereocenters. The Bertz CT molecular complexity index is 523. The number of halogens is 3. The SMILES string of the molecule is CS(=O)(=O)N1C(=O)C(C(N)=O)=CCC1C(F)(F)F. The maximum absolute atomic E-state index is 12.6. The van der Waals surface area contributed by atoms with Crippen LogP contribution in [0.25, 0.3) is 0 Å². The average Bonchev–Trinajstić information content (AvgIpc) is 2.12. The summed E-state index contributed by atoms with van der Waals surface area (Å²) in [5, 5.41) is 0. The zero-order valence-corrected chi connectivity index (χ0v) is 9.88. The molecule has 10 heteroatoms. The quantitative estimate of drug-likeness (QED) is 0.693. The van der Waals surface area contributed by atoms with Gasteiger partial charge in [-0.3, -0.25) is 9.59 Å². The summed E-state index contributed by atoms with van der Waals surface area (Å²) in [7, 11) is -4.46. The number of sulfonamides is 1. The minimum Gasteiger partial charge on any atom is -0.365 e. The first kappa shape index (κ1) is 14.5. The van der Waals surface area contributed by atoms with Gasteiger partial charge in [0.1, 0.15) is 11.6 Å². The minimum absolute atomic E-state index is 0.354. The van der Waals surface area contributed by atoms with Gasteiger partial charge in [-0.05, 0) is 6.42 Å². The molecule has 0 aliphatic carbocycles. The van der Waals surface area contributed by atoms with Crippen LogP contribution in [0.4, 0.5) is 13.2 Å². The molecule has 18 heavy (non-hydrogen) atoms. The van der Waals surface area contributed by atoms with E-state index >= 15 is 0 Å². The van der Waals surface area contributed by atoms with Gasteiger partial charge in [-0.15, -0.1) is 0 Å². The zero-order valence-electron chi connectivity index (χ0n) is 9.06. The monoisotopic (exact) mass is 286 g/mol. The second-order valence-corrected chi connectivity index (χ2v) is 5.50. The van der Waals surface area contributed by atoms with Crippen molar-refractivity contribution in [2.45, 2.75) is 18.6 Å². The average molecular weight is 286 g/mol. The number of hydrogen-bond donors (Lipinski definition) is 1. The lowest BCUT2D eigenvalue weighted by atomic mass is 10.0. The largest absolute Gasteiger partial charge is 0.410 e. The van der Waals surface area contributed by atoms with Crippen molar-refractivity contribution < 1.29 is 31.2 Å². The fourth-order valence-corrected chi connectivity index (χ4v) is 2.59. The van der Waals surface area contributed by atoms with E-state index in [2.05, 4.69) is 0 Å². The Morgan fingerprint density at radius 3 is 2.33 bits per heavy atom. The van der Waals surface area contributed by atoms with Crippen LogP contribution in [0.3, 0.4) is 0 Å². The molecule has 0 saturated carbocycles. The first-order valence-corrected chi connectivity index (χ1v) is 6.41. The Morgan fingerprint density at radius 1 is 1.50 bits per heavy atom. The van der Waals surface area contributed by atoms with Crippen LogP contribution in [0, 0.1) is 0 Å². The van der Waals surface area contributed by atoms with Gasteiger partial charge in [0.15, 0.2) is 0 Å². The van der Waals surface area contributed by atoms with Crippen molar-refractivity contribution in [1.29, 1.82) is 0 Å². The maximum Gasteiger partial charge on any atom is 0.410 e. The van der Waals surface area contributed by atoms with Gasteiger partial charge in [0.05, 0.1) is 6.26 Å². The van der Waals surface area contributed by atoms with Crippen molar-refractivity contribution in [2.24, 2.45) is 5.73 Å². The molecule has 0 saturated heterocycles. The van der Waals surface area contributed by atoms with Crippen molar-refractivity contribution in [1.82, 2.24) is 4.31 Å². The molecular weight excluding hydrogens is 277 g/mol. The van der Waals surface area contributed by atoms with Crippen LogP contribution in [-0.2, 0) is 19.6 Å². The lowest BCUT2D eigenvalue weighted by Gasteiger charge is -2.33. The number of carbonyl (C=O) groups excluding carboxylic acids is 2. The summed E-state index contributed by atoms with van der Waals surface area (Å²) in [5.41, 5.74) is 4.02. The topological polar surface area (TPSA) is 97.5 Å². The number of rotatable bonds is 2. The lowest BCUT2D eigenvalue weighted by molar-refractivity contribution is -0.177. The van der Waals surface area contributed by atoms with E-state index in [1.807, 2.05) is 0 Å². The van der Waals surface area contributed by atoms with Crippen LogP contribution in [-0.4, -0.2) is 43.0 Å². The molecular formula is C8H9F3N2O4S. The summed E-state index contributed by atoms with van der Waals surface area (Å²) in [6.07, 6.45) is -4.60. The molecule has 1 rings (SSSR count). The summed E-state index contributed by atoms with van der Waals surface area (Å²) < 4.78 is 60.0. The molecule has 1 aliphatic heterocycles. The molecule has 0 radical (unpaired) electrons. The van der Waals surface area contributed by atoms with Crippen LogP contribution < -0.4 is 5.73 Å². The van der Waals surface area contributed by atoms with Gasteiger partial charge in [-0.2, -0.15) is 13.2 Å².